The van der Waals surface area contributed by atoms with Crippen molar-refractivity contribution < 1.29 is 49.6 Å². The van der Waals surface area contributed by atoms with E-state index in [0.717, 1.165) is 18.3 Å². The molecule has 0 aliphatic carbocycles. The van der Waals surface area contributed by atoms with Crippen molar-refractivity contribution in [2.45, 2.75) is 96.0 Å². The molecule has 3 saturated heterocycles. The SMILES string of the molecule is CC[C@H]1OC(C)[C@H](C)[C@@H]1C.C[C@@H]1O[C@H](CO)[C@@H](O)[C@H]1O.O=C1O[C@H](CO)[C@@H](O)[C@H]1O. The van der Waals surface area contributed by atoms with Crippen LogP contribution in [0.2, 0.25) is 0 Å². The van der Waals surface area contributed by atoms with Gasteiger partial charge in [-0.3, -0.25) is 0 Å². The van der Waals surface area contributed by atoms with Crippen molar-refractivity contribution in [1.29, 1.82) is 0 Å². The second-order valence-electron chi connectivity index (χ2n) is 8.14. The van der Waals surface area contributed by atoms with E-state index in [1.165, 1.54) is 0 Å². The Morgan fingerprint density at radius 2 is 1.27 bits per heavy atom. The Kier molecular flexibility index (Phi) is 11.1. The molecule has 0 radical (unpaired) electrons. The van der Waals surface area contributed by atoms with Crippen LogP contribution in [0, 0.1) is 11.8 Å². The highest BCUT2D eigenvalue weighted by Crippen LogP contribution is 2.33. The summed E-state index contributed by atoms with van der Waals surface area (Å²) in [6.45, 7) is 9.90. The number of cyclic esters (lactones) is 1. The molecule has 30 heavy (non-hydrogen) atoms. The summed E-state index contributed by atoms with van der Waals surface area (Å²) in [5.41, 5.74) is 0. The van der Waals surface area contributed by atoms with Gasteiger partial charge in [0.25, 0.3) is 0 Å². The van der Waals surface area contributed by atoms with E-state index in [2.05, 4.69) is 32.4 Å². The van der Waals surface area contributed by atoms with Crippen LogP contribution >= 0.6 is 0 Å². The maximum absolute atomic E-state index is 10.4. The van der Waals surface area contributed by atoms with E-state index in [0.29, 0.717) is 12.2 Å². The van der Waals surface area contributed by atoms with Crippen molar-refractivity contribution in [3.63, 3.8) is 0 Å². The van der Waals surface area contributed by atoms with Crippen LogP contribution in [-0.4, -0.2) is 105 Å². The molecule has 0 spiro atoms. The number of hydrogen-bond donors (Lipinski definition) is 6. The van der Waals surface area contributed by atoms with E-state index in [-0.39, 0.29) is 12.7 Å². The lowest BCUT2D eigenvalue weighted by molar-refractivity contribution is -0.148. The minimum atomic E-state index is -1.50. The normalized spacial score (nSPS) is 45.3. The zero-order chi connectivity index (χ0) is 23.2. The average molecular weight is 439 g/mol. The quantitative estimate of drug-likeness (QED) is 0.288. The monoisotopic (exact) mass is 438 g/mol. The van der Waals surface area contributed by atoms with Gasteiger partial charge in [-0.1, -0.05) is 20.8 Å². The molecule has 0 saturated carbocycles. The van der Waals surface area contributed by atoms with Gasteiger partial charge >= 0.3 is 5.97 Å². The molecule has 10 nitrogen and oxygen atoms in total. The first-order chi connectivity index (χ1) is 14.0. The summed E-state index contributed by atoms with van der Waals surface area (Å²) >= 11 is 0. The van der Waals surface area contributed by atoms with Gasteiger partial charge in [0.1, 0.15) is 24.4 Å². The zero-order valence-electron chi connectivity index (χ0n) is 18.3. The number of aliphatic hydroxyl groups excluding tert-OH is 6. The standard InChI is InChI=1S/C9H18O.C6H12O4.C5H8O5/c1-5-9-7(3)6(2)8(4)10-9;1-3-5(8)6(9)4(2-7)10-3;6-1-2-3(7)4(8)5(9)10-2/h6-9H,5H2,1-4H3;3-9H,2H2,1H3;2-4,6-8H,1H2/t6-,7+,8?,9-;3-,4+,5-,6+;2-,3-,4-/m101/s1. The summed E-state index contributed by atoms with van der Waals surface area (Å²) < 4.78 is 15.1. The van der Waals surface area contributed by atoms with Gasteiger partial charge in [-0.2, -0.15) is 0 Å². The first-order valence-corrected chi connectivity index (χ1v) is 10.4. The Morgan fingerprint density at radius 3 is 1.47 bits per heavy atom. The van der Waals surface area contributed by atoms with Crippen molar-refractivity contribution >= 4 is 5.97 Å². The molecule has 11 atom stereocenters. The van der Waals surface area contributed by atoms with Crippen molar-refractivity contribution in [2.75, 3.05) is 13.2 Å². The van der Waals surface area contributed by atoms with Gasteiger partial charge in [-0.25, -0.2) is 4.79 Å². The molecular formula is C20H38O10. The van der Waals surface area contributed by atoms with Crippen LogP contribution in [-0.2, 0) is 19.0 Å². The van der Waals surface area contributed by atoms with E-state index in [1.807, 2.05) is 0 Å². The predicted octanol–water partition coefficient (Wildman–Crippen LogP) is -1.43. The third-order valence-corrected chi connectivity index (χ3v) is 6.12. The Balaban J connectivity index is 0.000000225. The van der Waals surface area contributed by atoms with Crippen LogP contribution in [0.15, 0.2) is 0 Å². The maximum atomic E-state index is 10.4. The zero-order valence-corrected chi connectivity index (χ0v) is 18.3. The van der Waals surface area contributed by atoms with E-state index >= 15 is 0 Å². The third-order valence-electron chi connectivity index (χ3n) is 6.12. The van der Waals surface area contributed by atoms with E-state index in [1.54, 1.807) is 6.92 Å². The highest BCUT2D eigenvalue weighted by Gasteiger charge is 2.42. The first kappa shape index (κ1) is 27.2. The largest absolute Gasteiger partial charge is 0.455 e. The Morgan fingerprint density at radius 1 is 0.733 bits per heavy atom. The van der Waals surface area contributed by atoms with Gasteiger partial charge in [-0.15, -0.1) is 0 Å². The lowest BCUT2D eigenvalue weighted by Crippen LogP contribution is -2.33. The molecule has 6 N–H and O–H groups in total. The summed E-state index contributed by atoms with van der Waals surface area (Å²) in [7, 11) is 0. The molecule has 0 aromatic rings. The molecule has 0 aromatic heterocycles. The highest BCUT2D eigenvalue weighted by molar-refractivity contribution is 5.77. The van der Waals surface area contributed by atoms with E-state index < -0.39 is 49.2 Å². The lowest BCUT2D eigenvalue weighted by atomic mass is 9.90. The minimum absolute atomic E-state index is 0.247. The van der Waals surface area contributed by atoms with Gasteiger partial charge in [0.15, 0.2) is 12.2 Å². The molecular weight excluding hydrogens is 400 g/mol. The fraction of sp³-hybridized carbons (Fsp3) is 0.950. The second kappa shape index (κ2) is 12.3. The lowest BCUT2D eigenvalue weighted by Gasteiger charge is -2.12. The van der Waals surface area contributed by atoms with Crippen LogP contribution in [0.4, 0.5) is 0 Å². The highest BCUT2D eigenvalue weighted by atomic mass is 16.6. The van der Waals surface area contributed by atoms with E-state index in [4.69, 9.17) is 40.1 Å². The van der Waals surface area contributed by atoms with Gasteiger partial charge in [0.2, 0.25) is 0 Å². The molecule has 178 valence electrons. The summed E-state index contributed by atoms with van der Waals surface area (Å²) in [5.74, 6) is 0.608. The van der Waals surface area contributed by atoms with Gasteiger partial charge in [0, 0.05) is 0 Å². The minimum Gasteiger partial charge on any atom is -0.455 e. The topological polar surface area (TPSA) is 166 Å². The summed E-state index contributed by atoms with van der Waals surface area (Å²) in [4.78, 5) is 10.4. The van der Waals surface area contributed by atoms with E-state index in [9.17, 15) is 4.79 Å². The molecule has 10 heteroatoms. The fourth-order valence-corrected chi connectivity index (χ4v) is 3.62. The molecule has 1 unspecified atom stereocenters. The maximum Gasteiger partial charge on any atom is 0.338 e. The molecule has 3 aliphatic rings. The van der Waals surface area contributed by atoms with Crippen LogP contribution in [0.25, 0.3) is 0 Å². The Hall–Kier alpha value is -0.850. The van der Waals surface area contributed by atoms with Gasteiger partial charge in [0.05, 0.1) is 31.5 Å². The molecule has 0 bridgehead atoms. The van der Waals surface area contributed by atoms with Crippen molar-refractivity contribution in [3.05, 3.63) is 0 Å². The molecule has 3 heterocycles. The smallest absolute Gasteiger partial charge is 0.338 e. The second-order valence-corrected chi connectivity index (χ2v) is 8.14. The number of rotatable bonds is 3. The number of aliphatic hydroxyl groups is 6. The summed E-state index contributed by atoms with van der Waals surface area (Å²) in [6, 6.07) is 0. The van der Waals surface area contributed by atoms with Crippen molar-refractivity contribution in [1.82, 2.24) is 0 Å². The van der Waals surface area contributed by atoms with Crippen LogP contribution in [0.1, 0.15) is 41.0 Å². The number of carbonyl (C=O) groups excluding carboxylic acids is 1. The number of esters is 1. The molecule has 3 rings (SSSR count). The third kappa shape index (κ3) is 6.57. The van der Waals surface area contributed by atoms with Crippen LogP contribution in [0.3, 0.4) is 0 Å². The molecule has 0 aromatic carbocycles. The predicted molar refractivity (Wildman–Crippen MR) is 105 cm³/mol. The number of ether oxygens (including phenoxy) is 3. The van der Waals surface area contributed by atoms with Crippen LogP contribution < -0.4 is 0 Å². The number of hydrogen-bond acceptors (Lipinski definition) is 10. The average Bonchev–Trinajstić information content (AvgIpc) is 3.25. The molecule has 3 fully saturated rings. The molecule has 3 aliphatic heterocycles. The summed E-state index contributed by atoms with van der Waals surface area (Å²) in [5, 5.41) is 52.8. The summed E-state index contributed by atoms with van der Waals surface area (Å²) in [6.07, 6.45) is -4.42. The van der Waals surface area contributed by atoms with Gasteiger partial charge < -0.3 is 44.8 Å². The molecule has 0 amide bonds. The van der Waals surface area contributed by atoms with Gasteiger partial charge in [-0.05, 0) is 32.1 Å². The first-order valence-electron chi connectivity index (χ1n) is 10.4. The van der Waals surface area contributed by atoms with Crippen LogP contribution in [0.5, 0.6) is 0 Å². The number of carbonyl (C=O) groups is 1. The van der Waals surface area contributed by atoms with Crippen molar-refractivity contribution in [2.24, 2.45) is 11.8 Å². The van der Waals surface area contributed by atoms with Crippen molar-refractivity contribution in [3.8, 4) is 0 Å². The Labute approximate surface area is 177 Å². The Bertz CT molecular complexity index is 490. The fourth-order valence-electron chi connectivity index (χ4n) is 3.62.